The number of hydrogen-bond acceptors (Lipinski definition) is 2. The van der Waals surface area contributed by atoms with Crippen molar-refractivity contribution >= 4 is 52.3 Å². The third kappa shape index (κ3) is 4.75. The summed E-state index contributed by atoms with van der Waals surface area (Å²) in [5, 5.41) is 4.43. The second-order valence-corrected chi connectivity index (χ2v) is 7.92. The molecule has 2 aromatic rings. The molecule has 0 spiro atoms. The number of aryl methyl sites for hydroxylation is 1. The molecule has 0 aromatic heterocycles. The van der Waals surface area contributed by atoms with Crippen LogP contribution in [0.5, 0.6) is 0 Å². The van der Waals surface area contributed by atoms with E-state index in [1.54, 1.807) is 35.2 Å². The molecule has 1 N–H and O–H groups in total. The standard InChI is InChI=1S/C20H19Cl3N2O2/c1-12-10-14(21)3-5-18(12)24-19(26)13-6-8-25(9-7-13)20(27)16-4-2-15(22)11-17(16)23/h2-5,10-11,13H,6-9H2,1H3,(H,24,26). The molecule has 1 aliphatic rings. The summed E-state index contributed by atoms with van der Waals surface area (Å²) in [5.74, 6) is -0.300. The van der Waals surface area contributed by atoms with Crippen molar-refractivity contribution in [3.05, 3.63) is 62.6 Å². The Morgan fingerprint density at radius 2 is 1.63 bits per heavy atom. The molecule has 4 nitrogen and oxygen atoms in total. The molecule has 1 aliphatic heterocycles. The number of piperidine rings is 1. The summed E-state index contributed by atoms with van der Waals surface area (Å²) in [5.41, 5.74) is 2.11. The summed E-state index contributed by atoms with van der Waals surface area (Å²) in [6.45, 7) is 2.92. The van der Waals surface area contributed by atoms with Crippen LogP contribution in [-0.4, -0.2) is 29.8 Å². The molecule has 1 fully saturated rings. The van der Waals surface area contributed by atoms with Gasteiger partial charge in [0.15, 0.2) is 0 Å². The van der Waals surface area contributed by atoms with Crippen molar-refractivity contribution in [2.24, 2.45) is 5.92 Å². The minimum absolute atomic E-state index is 0.0305. The SMILES string of the molecule is Cc1cc(Cl)ccc1NC(=O)C1CCN(C(=O)c2ccc(Cl)cc2Cl)CC1. The van der Waals surface area contributed by atoms with Gasteiger partial charge in [-0.1, -0.05) is 34.8 Å². The molecule has 0 radical (unpaired) electrons. The van der Waals surface area contributed by atoms with Crippen molar-refractivity contribution in [1.29, 1.82) is 0 Å². The molecule has 7 heteroatoms. The molecule has 1 saturated heterocycles. The first-order chi connectivity index (χ1) is 12.8. The monoisotopic (exact) mass is 424 g/mol. The van der Waals surface area contributed by atoms with E-state index >= 15 is 0 Å². The predicted molar refractivity (Wildman–Crippen MR) is 110 cm³/mol. The summed E-state index contributed by atoms with van der Waals surface area (Å²) in [4.78, 5) is 26.9. The number of benzene rings is 2. The fourth-order valence-electron chi connectivity index (χ4n) is 3.18. The van der Waals surface area contributed by atoms with Gasteiger partial charge in [-0.05, 0) is 61.7 Å². The maximum atomic E-state index is 12.7. The highest BCUT2D eigenvalue weighted by Crippen LogP contribution is 2.26. The zero-order chi connectivity index (χ0) is 19.6. The molecule has 0 saturated carbocycles. The van der Waals surface area contributed by atoms with Gasteiger partial charge in [-0.15, -0.1) is 0 Å². The lowest BCUT2D eigenvalue weighted by Crippen LogP contribution is -2.41. The quantitative estimate of drug-likeness (QED) is 0.711. The van der Waals surface area contributed by atoms with Crippen molar-refractivity contribution in [2.75, 3.05) is 18.4 Å². The lowest BCUT2D eigenvalue weighted by Gasteiger charge is -2.31. The predicted octanol–water partition coefficient (Wildman–Crippen LogP) is 5.45. The molecule has 3 rings (SSSR count). The average Bonchev–Trinajstić information content (AvgIpc) is 2.63. The van der Waals surface area contributed by atoms with Gasteiger partial charge in [0.05, 0.1) is 10.6 Å². The molecule has 1 heterocycles. The molecule has 0 aliphatic carbocycles. The van der Waals surface area contributed by atoms with Gasteiger partial charge < -0.3 is 10.2 Å². The highest BCUT2D eigenvalue weighted by Gasteiger charge is 2.28. The fourth-order valence-corrected chi connectivity index (χ4v) is 3.90. The Morgan fingerprint density at radius 3 is 2.26 bits per heavy atom. The van der Waals surface area contributed by atoms with Gasteiger partial charge in [-0.3, -0.25) is 9.59 Å². The van der Waals surface area contributed by atoms with Crippen LogP contribution in [0.25, 0.3) is 0 Å². The fraction of sp³-hybridized carbons (Fsp3) is 0.300. The number of nitrogens with one attached hydrogen (secondary N) is 1. The van der Waals surface area contributed by atoms with E-state index in [4.69, 9.17) is 34.8 Å². The summed E-state index contributed by atoms with van der Waals surface area (Å²) in [6, 6.07) is 10.2. The smallest absolute Gasteiger partial charge is 0.255 e. The van der Waals surface area contributed by atoms with Crippen LogP contribution in [0.4, 0.5) is 5.69 Å². The van der Waals surface area contributed by atoms with Gasteiger partial charge in [-0.25, -0.2) is 0 Å². The summed E-state index contributed by atoms with van der Waals surface area (Å²) < 4.78 is 0. The van der Waals surface area contributed by atoms with E-state index in [2.05, 4.69) is 5.32 Å². The first kappa shape index (κ1) is 20.0. The molecule has 0 atom stereocenters. The number of hydrogen-bond donors (Lipinski definition) is 1. The van der Waals surface area contributed by atoms with Crippen LogP contribution in [0, 0.1) is 12.8 Å². The lowest BCUT2D eigenvalue weighted by atomic mass is 9.95. The van der Waals surface area contributed by atoms with E-state index in [-0.39, 0.29) is 17.7 Å². The van der Waals surface area contributed by atoms with Crippen molar-refractivity contribution in [3.8, 4) is 0 Å². The first-order valence-corrected chi connectivity index (χ1v) is 9.80. The van der Waals surface area contributed by atoms with Crippen molar-refractivity contribution in [1.82, 2.24) is 4.90 Å². The van der Waals surface area contributed by atoms with Crippen molar-refractivity contribution in [3.63, 3.8) is 0 Å². The van der Waals surface area contributed by atoms with E-state index in [9.17, 15) is 9.59 Å². The van der Waals surface area contributed by atoms with Gasteiger partial charge in [0, 0.05) is 34.7 Å². The second-order valence-electron chi connectivity index (χ2n) is 6.64. The molecule has 142 valence electrons. The summed E-state index contributed by atoms with van der Waals surface area (Å²) in [6.07, 6.45) is 1.21. The number of halogens is 3. The zero-order valence-electron chi connectivity index (χ0n) is 14.8. The van der Waals surface area contributed by atoms with Crippen LogP contribution in [-0.2, 0) is 4.79 Å². The highest BCUT2D eigenvalue weighted by atomic mass is 35.5. The Labute approximate surface area is 173 Å². The summed E-state index contributed by atoms with van der Waals surface area (Å²) >= 11 is 18.0. The van der Waals surface area contributed by atoms with E-state index in [1.165, 1.54) is 0 Å². The topological polar surface area (TPSA) is 49.4 Å². The van der Waals surface area contributed by atoms with Gasteiger partial charge in [-0.2, -0.15) is 0 Å². The average molecular weight is 426 g/mol. The van der Waals surface area contributed by atoms with Crippen LogP contribution >= 0.6 is 34.8 Å². The third-order valence-corrected chi connectivity index (χ3v) is 5.54. The van der Waals surface area contributed by atoms with Gasteiger partial charge in [0.25, 0.3) is 5.91 Å². The minimum atomic E-state index is -0.135. The van der Waals surface area contributed by atoms with Gasteiger partial charge in [0.2, 0.25) is 5.91 Å². The van der Waals surface area contributed by atoms with E-state index < -0.39 is 0 Å². The van der Waals surface area contributed by atoms with Crippen LogP contribution in [0.1, 0.15) is 28.8 Å². The lowest BCUT2D eigenvalue weighted by molar-refractivity contribution is -0.121. The number of amides is 2. The molecule has 0 unspecified atom stereocenters. The van der Waals surface area contributed by atoms with Gasteiger partial charge >= 0.3 is 0 Å². The Bertz CT molecular complexity index is 878. The normalized spacial score (nSPS) is 14.9. The first-order valence-electron chi connectivity index (χ1n) is 8.66. The Kier molecular flexibility index (Phi) is 6.30. The number of nitrogens with zero attached hydrogens (tertiary/aromatic N) is 1. The van der Waals surface area contributed by atoms with Crippen LogP contribution in [0.15, 0.2) is 36.4 Å². The van der Waals surface area contributed by atoms with Crippen LogP contribution in [0.2, 0.25) is 15.1 Å². The molecule has 27 heavy (non-hydrogen) atoms. The maximum absolute atomic E-state index is 12.7. The molecule has 2 aromatic carbocycles. The Hall–Kier alpha value is -1.75. The third-order valence-electron chi connectivity index (χ3n) is 4.76. The molecular weight excluding hydrogens is 407 g/mol. The molecule has 2 amide bonds. The van der Waals surface area contributed by atoms with E-state index in [0.717, 1.165) is 11.3 Å². The Balaban J connectivity index is 1.59. The van der Waals surface area contributed by atoms with E-state index in [0.29, 0.717) is 46.6 Å². The van der Waals surface area contributed by atoms with Crippen LogP contribution < -0.4 is 5.32 Å². The maximum Gasteiger partial charge on any atom is 0.255 e. The number of anilines is 1. The minimum Gasteiger partial charge on any atom is -0.339 e. The van der Waals surface area contributed by atoms with Crippen molar-refractivity contribution < 1.29 is 9.59 Å². The van der Waals surface area contributed by atoms with Gasteiger partial charge in [0.1, 0.15) is 0 Å². The molecule has 0 bridgehead atoms. The number of carbonyl (C=O) groups is 2. The second kappa shape index (κ2) is 8.51. The number of rotatable bonds is 3. The van der Waals surface area contributed by atoms with Crippen LogP contribution in [0.3, 0.4) is 0 Å². The van der Waals surface area contributed by atoms with Crippen molar-refractivity contribution in [2.45, 2.75) is 19.8 Å². The molecular formula is C20H19Cl3N2O2. The largest absolute Gasteiger partial charge is 0.339 e. The zero-order valence-corrected chi connectivity index (χ0v) is 17.0. The van der Waals surface area contributed by atoms with E-state index in [1.807, 2.05) is 13.0 Å². The summed E-state index contributed by atoms with van der Waals surface area (Å²) in [7, 11) is 0. The Morgan fingerprint density at radius 1 is 1.00 bits per heavy atom. The number of likely N-dealkylation sites (tertiary alicyclic amines) is 1. The highest BCUT2D eigenvalue weighted by molar-refractivity contribution is 6.36. The number of carbonyl (C=O) groups excluding carboxylic acids is 2.